The van der Waals surface area contributed by atoms with Crippen LogP contribution in [0.3, 0.4) is 0 Å². The predicted octanol–water partition coefficient (Wildman–Crippen LogP) is 5.04. The van der Waals surface area contributed by atoms with Crippen LogP contribution in [0.2, 0.25) is 5.02 Å². The van der Waals surface area contributed by atoms with E-state index in [1.54, 1.807) is 24.3 Å². The zero-order valence-electron chi connectivity index (χ0n) is 18.6. The number of aromatic carboxylic acids is 1. The van der Waals surface area contributed by atoms with Crippen molar-refractivity contribution < 1.29 is 14.7 Å². The van der Waals surface area contributed by atoms with Crippen LogP contribution in [-0.2, 0) is 4.79 Å². The minimum Gasteiger partial charge on any atom is -0.478 e. The van der Waals surface area contributed by atoms with Crippen LogP contribution in [-0.4, -0.2) is 48.1 Å². The Labute approximate surface area is 198 Å². The SMILES string of the molecule is CCCCC(=O)Nc1ccc2nc(N3CCN(c4cccc(Cl)c4)CC3)cc(C(=O)O)c2c1. The standard InChI is InChI=1S/C25H27ClN4O3/c1-2-3-7-24(31)27-18-8-9-22-20(15-18)21(25(32)33)16-23(28-22)30-12-10-29(11-13-30)19-6-4-5-17(26)14-19/h4-6,8-9,14-16H,2-3,7,10-13H2,1H3,(H,27,31)(H,32,33). The van der Waals surface area contributed by atoms with Crippen molar-refractivity contribution in [2.75, 3.05) is 41.3 Å². The number of amides is 1. The molecule has 0 aliphatic carbocycles. The number of hydrogen-bond acceptors (Lipinski definition) is 5. The maximum Gasteiger partial charge on any atom is 0.336 e. The first-order chi connectivity index (χ1) is 15.9. The number of carbonyl (C=O) groups is 2. The van der Waals surface area contributed by atoms with Gasteiger partial charge in [-0.2, -0.15) is 0 Å². The smallest absolute Gasteiger partial charge is 0.336 e. The van der Waals surface area contributed by atoms with Crippen LogP contribution < -0.4 is 15.1 Å². The fourth-order valence-electron chi connectivity index (χ4n) is 4.06. The molecule has 33 heavy (non-hydrogen) atoms. The lowest BCUT2D eigenvalue weighted by Gasteiger charge is -2.37. The summed E-state index contributed by atoms with van der Waals surface area (Å²) in [7, 11) is 0. The van der Waals surface area contributed by atoms with Gasteiger partial charge in [0.1, 0.15) is 5.82 Å². The number of nitrogens with zero attached hydrogens (tertiary/aromatic N) is 3. The van der Waals surface area contributed by atoms with Gasteiger partial charge in [0.2, 0.25) is 5.91 Å². The fraction of sp³-hybridized carbons (Fsp3) is 0.320. The number of unbranched alkanes of at least 4 members (excludes halogenated alkanes) is 1. The summed E-state index contributed by atoms with van der Waals surface area (Å²) in [5.74, 6) is -0.448. The second-order valence-corrected chi connectivity index (χ2v) is 8.61. The van der Waals surface area contributed by atoms with Crippen LogP contribution in [0.25, 0.3) is 10.9 Å². The van der Waals surface area contributed by atoms with E-state index in [9.17, 15) is 14.7 Å². The molecule has 0 unspecified atom stereocenters. The zero-order valence-corrected chi connectivity index (χ0v) is 19.3. The summed E-state index contributed by atoms with van der Waals surface area (Å²) in [5, 5.41) is 13.9. The number of hydrogen-bond donors (Lipinski definition) is 2. The number of carboxylic acids is 1. The molecular formula is C25H27ClN4O3. The molecule has 8 heteroatoms. The molecule has 1 aliphatic rings. The van der Waals surface area contributed by atoms with Crippen molar-refractivity contribution in [2.24, 2.45) is 0 Å². The molecule has 1 aliphatic heterocycles. The van der Waals surface area contributed by atoms with Crippen LogP contribution >= 0.6 is 11.6 Å². The van der Waals surface area contributed by atoms with Gasteiger partial charge in [-0.15, -0.1) is 0 Å². The van der Waals surface area contributed by atoms with Crippen molar-refractivity contribution in [2.45, 2.75) is 26.2 Å². The summed E-state index contributed by atoms with van der Waals surface area (Å²) in [5.41, 5.74) is 2.43. The predicted molar refractivity (Wildman–Crippen MR) is 133 cm³/mol. The second-order valence-electron chi connectivity index (χ2n) is 8.17. The molecule has 0 saturated carbocycles. The molecule has 172 valence electrons. The molecule has 4 rings (SSSR count). The highest BCUT2D eigenvalue weighted by molar-refractivity contribution is 6.30. The third kappa shape index (κ3) is 5.37. The quantitative estimate of drug-likeness (QED) is 0.507. The summed E-state index contributed by atoms with van der Waals surface area (Å²) in [6.45, 7) is 5.03. The van der Waals surface area contributed by atoms with Crippen molar-refractivity contribution in [3.05, 3.63) is 59.1 Å². The zero-order chi connectivity index (χ0) is 23.4. The number of benzene rings is 2. The van der Waals surface area contributed by atoms with Gasteiger partial charge in [-0.3, -0.25) is 4.79 Å². The molecule has 0 spiro atoms. The number of carboxylic acid groups (broad SMARTS) is 1. The Bertz CT molecular complexity index is 1180. The summed E-state index contributed by atoms with van der Waals surface area (Å²) in [6, 6.07) is 14.6. The minimum absolute atomic E-state index is 0.0739. The Kier molecular flexibility index (Phi) is 6.99. The van der Waals surface area contributed by atoms with Crippen molar-refractivity contribution in [3.8, 4) is 0 Å². The molecule has 1 aromatic heterocycles. The number of halogens is 1. The lowest BCUT2D eigenvalue weighted by Crippen LogP contribution is -2.46. The van der Waals surface area contributed by atoms with E-state index < -0.39 is 5.97 Å². The van der Waals surface area contributed by atoms with Crippen LogP contribution in [0, 0.1) is 0 Å². The third-order valence-corrected chi connectivity index (χ3v) is 6.08. The van der Waals surface area contributed by atoms with Gasteiger partial charge in [0, 0.05) is 54.4 Å². The maximum atomic E-state index is 12.1. The average molecular weight is 467 g/mol. The molecule has 2 N–H and O–H groups in total. The van der Waals surface area contributed by atoms with E-state index in [1.165, 1.54) is 0 Å². The lowest BCUT2D eigenvalue weighted by atomic mass is 10.1. The van der Waals surface area contributed by atoms with Gasteiger partial charge in [0.15, 0.2) is 0 Å². The normalized spacial score (nSPS) is 13.9. The number of carbonyl (C=O) groups excluding carboxylic acids is 1. The van der Waals surface area contributed by atoms with Crippen molar-refractivity contribution in [1.82, 2.24) is 4.98 Å². The van der Waals surface area contributed by atoms with Crippen molar-refractivity contribution >= 4 is 51.6 Å². The first-order valence-electron chi connectivity index (χ1n) is 11.2. The van der Waals surface area contributed by atoms with Gasteiger partial charge in [-0.25, -0.2) is 9.78 Å². The number of rotatable bonds is 7. The average Bonchev–Trinajstić information content (AvgIpc) is 2.82. The topological polar surface area (TPSA) is 85.8 Å². The molecule has 0 bridgehead atoms. The monoisotopic (exact) mass is 466 g/mol. The summed E-state index contributed by atoms with van der Waals surface area (Å²) in [4.78, 5) is 33.2. The molecule has 2 aromatic carbocycles. The lowest BCUT2D eigenvalue weighted by molar-refractivity contribution is -0.116. The Balaban J connectivity index is 1.55. The van der Waals surface area contributed by atoms with Crippen molar-refractivity contribution in [3.63, 3.8) is 0 Å². The van der Waals surface area contributed by atoms with Crippen LogP contribution in [0.4, 0.5) is 17.2 Å². The molecule has 2 heterocycles. The first-order valence-corrected chi connectivity index (χ1v) is 11.6. The van der Waals surface area contributed by atoms with Crippen LogP contribution in [0.5, 0.6) is 0 Å². The Hall–Kier alpha value is -3.32. The molecule has 1 fully saturated rings. The molecule has 3 aromatic rings. The Morgan fingerprint density at radius 3 is 2.52 bits per heavy atom. The highest BCUT2D eigenvalue weighted by atomic mass is 35.5. The van der Waals surface area contributed by atoms with Gasteiger partial charge >= 0.3 is 5.97 Å². The molecule has 1 saturated heterocycles. The first kappa shape index (κ1) is 22.9. The van der Waals surface area contributed by atoms with Crippen LogP contribution in [0.1, 0.15) is 36.5 Å². The van der Waals surface area contributed by atoms with E-state index in [0.29, 0.717) is 33.9 Å². The van der Waals surface area contributed by atoms with Gasteiger partial charge in [-0.1, -0.05) is 31.0 Å². The number of piperazine rings is 1. The maximum absolute atomic E-state index is 12.1. The summed E-state index contributed by atoms with van der Waals surface area (Å²) in [6.07, 6.45) is 2.20. The van der Waals surface area contributed by atoms with Crippen LogP contribution in [0.15, 0.2) is 48.5 Å². The number of nitrogens with one attached hydrogen (secondary N) is 1. The van der Waals surface area contributed by atoms with E-state index in [1.807, 2.05) is 31.2 Å². The number of aromatic nitrogens is 1. The second kappa shape index (κ2) is 10.1. The number of anilines is 3. The van der Waals surface area contributed by atoms with Gasteiger partial charge in [0.05, 0.1) is 11.1 Å². The largest absolute Gasteiger partial charge is 0.478 e. The van der Waals surface area contributed by atoms with E-state index in [4.69, 9.17) is 16.6 Å². The molecule has 0 atom stereocenters. The molecular weight excluding hydrogens is 440 g/mol. The van der Waals surface area contributed by atoms with E-state index in [2.05, 4.69) is 15.1 Å². The highest BCUT2D eigenvalue weighted by Crippen LogP contribution is 2.28. The summed E-state index contributed by atoms with van der Waals surface area (Å²) >= 11 is 6.13. The van der Waals surface area contributed by atoms with Gasteiger partial charge in [0.25, 0.3) is 0 Å². The van der Waals surface area contributed by atoms with Crippen molar-refractivity contribution in [1.29, 1.82) is 0 Å². The third-order valence-electron chi connectivity index (χ3n) is 5.84. The van der Waals surface area contributed by atoms with E-state index >= 15 is 0 Å². The highest BCUT2D eigenvalue weighted by Gasteiger charge is 2.21. The summed E-state index contributed by atoms with van der Waals surface area (Å²) < 4.78 is 0. The molecule has 0 radical (unpaired) electrons. The van der Waals surface area contributed by atoms with Gasteiger partial charge in [-0.05, 0) is 48.9 Å². The minimum atomic E-state index is -1.02. The number of pyridine rings is 1. The number of fused-ring (bicyclic) bond motifs is 1. The molecule has 7 nitrogen and oxygen atoms in total. The Morgan fingerprint density at radius 1 is 1.06 bits per heavy atom. The Morgan fingerprint density at radius 2 is 1.82 bits per heavy atom. The van der Waals surface area contributed by atoms with Gasteiger partial charge < -0.3 is 20.2 Å². The fourth-order valence-corrected chi connectivity index (χ4v) is 4.24. The molecule has 1 amide bonds. The van der Waals surface area contributed by atoms with E-state index in [-0.39, 0.29) is 11.5 Å². The van der Waals surface area contributed by atoms with E-state index in [0.717, 1.165) is 44.7 Å².